The van der Waals surface area contributed by atoms with Gasteiger partial charge in [0, 0.05) is 13.1 Å². The van der Waals surface area contributed by atoms with E-state index >= 15 is 0 Å². The Morgan fingerprint density at radius 2 is 1.48 bits per heavy atom. The molecule has 0 saturated carbocycles. The summed E-state index contributed by atoms with van der Waals surface area (Å²) in [5, 5.41) is 0. The van der Waals surface area contributed by atoms with E-state index in [4.69, 9.17) is 5.73 Å². The number of hydrogen-bond acceptors (Lipinski definition) is 5. The molecule has 120 valence electrons. The van der Waals surface area contributed by atoms with E-state index in [2.05, 4.69) is 37.7 Å². The first-order chi connectivity index (χ1) is 9.73. The van der Waals surface area contributed by atoms with E-state index < -0.39 is 10.0 Å². The molecule has 1 heterocycles. The van der Waals surface area contributed by atoms with Crippen molar-refractivity contribution in [2.24, 2.45) is 11.8 Å². The molecule has 0 amide bonds. The zero-order valence-corrected chi connectivity index (χ0v) is 14.1. The lowest BCUT2D eigenvalue weighted by atomic mass is 10.1. The minimum absolute atomic E-state index is 0.0739. The van der Waals surface area contributed by atoms with Crippen LogP contribution in [0.15, 0.2) is 17.3 Å². The van der Waals surface area contributed by atoms with E-state index in [1.165, 1.54) is 16.7 Å². The van der Waals surface area contributed by atoms with Crippen LogP contribution in [0.2, 0.25) is 0 Å². The minimum Gasteiger partial charge on any atom is -0.368 e. The number of nitrogens with zero attached hydrogens (tertiary/aromatic N) is 3. The van der Waals surface area contributed by atoms with Crippen molar-refractivity contribution in [2.45, 2.75) is 45.4 Å². The summed E-state index contributed by atoms with van der Waals surface area (Å²) in [5.41, 5.74) is 5.41. The molecule has 0 aliphatic carbocycles. The highest BCUT2D eigenvalue weighted by molar-refractivity contribution is 7.89. The Balaban J connectivity index is 2.95. The van der Waals surface area contributed by atoms with Gasteiger partial charge in [-0.3, -0.25) is 0 Å². The lowest BCUT2D eigenvalue weighted by Crippen LogP contribution is -2.34. The summed E-state index contributed by atoms with van der Waals surface area (Å²) in [5.74, 6) is 0.971. The molecule has 0 atom stereocenters. The van der Waals surface area contributed by atoms with Crippen LogP contribution in [0.4, 0.5) is 5.95 Å². The molecule has 0 radical (unpaired) electrons. The third-order valence-corrected chi connectivity index (χ3v) is 5.05. The van der Waals surface area contributed by atoms with Crippen LogP contribution in [-0.2, 0) is 10.0 Å². The Labute approximate surface area is 127 Å². The first-order valence-electron chi connectivity index (χ1n) is 7.31. The highest BCUT2D eigenvalue weighted by Gasteiger charge is 2.25. The smallest absolute Gasteiger partial charge is 0.246 e. The molecule has 2 N–H and O–H groups in total. The molecule has 0 fully saturated rings. The molecule has 1 rings (SSSR count). The predicted molar refractivity (Wildman–Crippen MR) is 84.1 cm³/mol. The average molecular weight is 314 g/mol. The Kier molecular flexibility index (Phi) is 6.54. The van der Waals surface area contributed by atoms with E-state index in [1.54, 1.807) is 0 Å². The molecule has 0 unspecified atom stereocenters. The van der Waals surface area contributed by atoms with Crippen molar-refractivity contribution in [3.05, 3.63) is 12.4 Å². The molecule has 0 saturated heterocycles. The van der Waals surface area contributed by atoms with Crippen LogP contribution >= 0.6 is 0 Å². The molecule has 0 spiro atoms. The summed E-state index contributed by atoms with van der Waals surface area (Å²) in [6.07, 6.45) is 4.20. The number of sulfonamides is 1. The van der Waals surface area contributed by atoms with Crippen LogP contribution in [0, 0.1) is 11.8 Å². The van der Waals surface area contributed by atoms with Crippen LogP contribution in [-0.4, -0.2) is 35.8 Å². The first-order valence-corrected chi connectivity index (χ1v) is 8.75. The standard InChI is InChI=1S/C14H26N4O2S/c1-11(2)5-7-18(8-6-12(3)4)21(19,20)13-9-16-14(15)17-10-13/h9-12H,5-8H2,1-4H3,(H2,15,16,17). The van der Waals surface area contributed by atoms with Crippen molar-refractivity contribution in [1.29, 1.82) is 0 Å². The van der Waals surface area contributed by atoms with Gasteiger partial charge in [-0.05, 0) is 24.7 Å². The number of anilines is 1. The van der Waals surface area contributed by atoms with Crippen molar-refractivity contribution >= 4 is 16.0 Å². The topological polar surface area (TPSA) is 89.2 Å². The van der Waals surface area contributed by atoms with Crippen LogP contribution in [0.25, 0.3) is 0 Å². The maximum Gasteiger partial charge on any atom is 0.246 e. The van der Waals surface area contributed by atoms with Gasteiger partial charge in [0.1, 0.15) is 4.90 Å². The van der Waals surface area contributed by atoms with Crippen molar-refractivity contribution in [2.75, 3.05) is 18.8 Å². The second-order valence-electron chi connectivity index (χ2n) is 6.05. The highest BCUT2D eigenvalue weighted by Crippen LogP contribution is 2.17. The second kappa shape index (κ2) is 7.70. The number of hydrogen-bond donors (Lipinski definition) is 1. The lowest BCUT2D eigenvalue weighted by Gasteiger charge is -2.23. The van der Waals surface area contributed by atoms with Gasteiger partial charge in [-0.2, -0.15) is 4.31 Å². The van der Waals surface area contributed by atoms with Gasteiger partial charge in [0.15, 0.2) is 0 Å². The third-order valence-electron chi connectivity index (χ3n) is 3.20. The number of nitrogen functional groups attached to an aromatic ring is 1. The van der Waals surface area contributed by atoms with Gasteiger partial charge in [-0.25, -0.2) is 18.4 Å². The normalized spacial score (nSPS) is 12.5. The Morgan fingerprint density at radius 1 is 1.05 bits per heavy atom. The second-order valence-corrected chi connectivity index (χ2v) is 7.98. The van der Waals surface area contributed by atoms with Crippen molar-refractivity contribution < 1.29 is 8.42 Å². The fourth-order valence-electron chi connectivity index (χ4n) is 1.76. The van der Waals surface area contributed by atoms with Crippen molar-refractivity contribution in [3.63, 3.8) is 0 Å². The third kappa shape index (κ3) is 5.59. The van der Waals surface area contributed by atoms with E-state index in [0.717, 1.165) is 12.8 Å². The van der Waals surface area contributed by atoms with Crippen molar-refractivity contribution in [3.8, 4) is 0 Å². The van der Waals surface area contributed by atoms with E-state index in [9.17, 15) is 8.42 Å². The summed E-state index contributed by atoms with van der Waals surface area (Å²) >= 11 is 0. The largest absolute Gasteiger partial charge is 0.368 e. The Morgan fingerprint density at radius 3 is 1.86 bits per heavy atom. The van der Waals surface area contributed by atoms with Gasteiger partial charge in [0.05, 0.1) is 12.4 Å². The maximum absolute atomic E-state index is 12.7. The number of rotatable bonds is 8. The molecule has 0 aromatic carbocycles. The first kappa shape index (κ1) is 17.8. The molecule has 7 heteroatoms. The van der Waals surface area contributed by atoms with E-state index in [0.29, 0.717) is 24.9 Å². The van der Waals surface area contributed by atoms with Crippen molar-refractivity contribution in [1.82, 2.24) is 14.3 Å². The fraction of sp³-hybridized carbons (Fsp3) is 0.714. The molecule has 1 aromatic rings. The summed E-state index contributed by atoms with van der Waals surface area (Å²) < 4.78 is 26.9. The molecule has 6 nitrogen and oxygen atoms in total. The Hall–Kier alpha value is -1.21. The zero-order chi connectivity index (χ0) is 16.0. The molecule has 1 aromatic heterocycles. The summed E-state index contributed by atoms with van der Waals surface area (Å²) in [7, 11) is -3.56. The number of nitrogens with two attached hydrogens (primary N) is 1. The van der Waals surface area contributed by atoms with Gasteiger partial charge >= 0.3 is 0 Å². The number of aromatic nitrogens is 2. The van der Waals surface area contributed by atoms with Gasteiger partial charge < -0.3 is 5.73 Å². The van der Waals surface area contributed by atoms with Gasteiger partial charge in [0.2, 0.25) is 16.0 Å². The molecule has 0 bridgehead atoms. The maximum atomic E-state index is 12.7. The molecular weight excluding hydrogens is 288 g/mol. The molecule has 21 heavy (non-hydrogen) atoms. The van der Waals surface area contributed by atoms with Gasteiger partial charge in [0.25, 0.3) is 0 Å². The van der Waals surface area contributed by atoms with Crippen LogP contribution in [0.3, 0.4) is 0 Å². The minimum atomic E-state index is -3.56. The summed E-state index contributed by atoms with van der Waals surface area (Å²) in [6.45, 7) is 9.35. The highest BCUT2D eigenvalue weighted by atomic mass is 32.2. The molecular formula is C14H26N4O2S. The quantitative estimate of drug-likeness (QED) is 0.794. The van der Waals surface area contributed by atoms with Crippen LogP contribution in [0.1, 0.15) is 40.5 Å². The van der Waals surface area contributed by atoms with Gasteiger partial charge in [-0.1, -0.05) is 27.7 Å². The summed E-state index contributed by atoms with van der Waals surface area (Å²) in [4.78, 5) is 7.66. The van der Waals surface area contributed by atoms with Gasteiger partial charge in [-0.15, -0.1) is 0 Å². The SMILES string of the molecule is CC(C)CCN(CCC(C)C)S(=O)(=O)c1cnc(N)nc1. The average Bonchev–Trinajstić information content (AvgIpc) is 2.38. The fourth-order valence-corrected chi connectivity index (χ4v) is 3.13. The summed E-state index contributed by atoms with van der Waals surface area (Å²) in [6, 6.07) is 0. The predicted octanol–water partition coefficient (Wildman–Crippen LogP) is 2.14. The van der Waals surface area contributed by atoms with Crippen LogP contribution in [0.5, 0.6) is 0 Å². The van der Waals surface area contributed by atoms with E-state index in [1.807, 2.05) is 0 Å². The Bertz CT molecular complexity index is 514. The van der Waals surface area contributed by atoms with E-state index in [-0.39, 0.29) is 10.8 Å². The monoisotopic (exact) mass is 314 g/mol. The van der Waals surface area contributed by atoms with Crippen LogP contribution < -0.4 is 5.73 Å². The zero-order valence-electron chi connectivity index (χ0n) is 13.3. The molecule has 0 aliphatic heterocycles. The molecule has 0 aliphatic rings. The lowest BCUT2D eigenvalue weighted by molar-refractivity contribution is 0.357.